The fourth-order valence-electron chi connectivity index (χ4n) is 2.97. The van der Waals surface area contributed by atoms with Crippen LogP contribution in [-0.4, -0.2) is 18.9 Å². The molecule has 1 aliphatic carbocycles. The van der Waals surface area contributed by atoms with Crippen LogP contribution in [0, 0.1) is 0 Å². The predicted molar refractivity (Wildman–Crippen MR) is 85.1 cm³/mol. The number of rotatable bonds is 11. The maximum absolute atomic E-state index is 11.9. The Morgan fingerprint density at radius 3 is 2.43 bits per heavy atom. The van der Waals surface area contributed by atoms with Gasteiger partial charge >= 0.3 is 5.97 Å². The van der Waals surface area contributed by atoms with Gasteiger partial charge in [-0.2, -0.15) is 0 Å². The van der Waals surface area contributed by atoms with E-state index in [1.165, 1.54) is 31.9 Å². The van der Waals surface area contributed by atoms with E-state index < -0.39 is 0 Å². The molecule has 1 rings (SSSR count). The van der Waals surface area contributed by atoms with Crippen LogP contribution in [0.15, 0.2) is 11.1 Å². The third kappa shape index (κ3) is 6.92. The van der Waals surface area contributed by atoms with Gasteiger partial charge in [0.15, 0.2) is 5.78 Å². The number of Topliss-reactive ketones (excluding diaryl/α,β-unsaturated/α-hetero) is 1. The fourth-order valence-corrected chi connectivity index (χ4v) is 2.97. The smallest absolute Gasteiger partial charge is 0.305 e. The van der Waals surface area contributed by atoms with Crippen molar-refractivity contribution in [3.63, 3.8) is 0 Å². The van der Waals surface area contributed by atoms with Crippen molar-refractivity contribution < 1.29 is 14.3 Å². The van der Waals surface area contributed by atoms with E-state index in [0.717, 1.165) is 56.9 Å². The second kappa shape index (κ2) is 10.6. The van der Waals surface area contributed by atoms with Gasteiger partial charge in [0.2, 0.25) is 0 Å². The van der Waals surface area contributed by atoms with Crippen LogP contribution in [0.1, 0.15) is 84.0 Å². The molecule has 0 amide bonds. The Morgan fingerprint density at radius 1 is 1.00 bits per heavy atom. The molecule has 3 heteroatoms. The van der Waals surface area contributed by atoms with Crippen molar-refractivity contribution in [1.82, 2.24) is 0 Å². The largest absolute Gasteiger partial charge is 0.469 e. The topological polar surface area (TPSA) is 43.4 Å². The SMILES string of the molecule is CCCCCC1=C(CCCCCCC(=O)OC)C(=O)CC1. The second-order valence-electron chi connectivity index (χ2n) is 5.95. The highest BCUT2D eigenvalue weighted by molar-refractivity contribution is 5.98. The molecule has 0 unspecified atom stereocenters. The van der Waals surface area contributed by atoms with Crippen LogP contribution in [0.2, 0.25) is 0 Å². The summed E-state index contributed by atoms with van der Waals surface area (Å²) in [4.78, 5) is 22.9. The Labute approximate surface area is 129 Å². The highest BCUT2D eigenvalue weighted by Gasteiger charge is 2.21. The van der Waals surface area contributed by atoms with E-state index in [0.29, 0.717) is 12.2 Å². The average molecular weight is 294 g/mol. The Balaban J connectivity index is 2.22. The molecule has 0 bridgehead atoms. The summed E-state index contributed by atoms with van der Waals surface area (Å²) < 4.78 is 4.62. The van der Waals surface area contributed by atoms with Gasteiger partial charge < -0.3 is 4.74 Å². The van der Waals surface area contributed by atoms with Crippen LogP contribution in [0.4, 0.5) is 0 Å². The Morgan fingerprint density at radius 2 is 1.71 bits per heavy atom. The van der Waals surface area contributed by atoms with E-state index >= 15 is 0 Å². The summed E-state index contributed by atoms with van der Waals surface area (Å²) in [5, 5.41) is 0. The number of methoxy groups -OCH3 is 1. The number of ether oxygens (including phenoxy) is 1. The summed E-state index contributed by atoms with van der Waals surface area (Å²) in [6.45, 7) is 2.21. The van der Waals surface area contributed by atoms with Gasteiger partial charge in [-0.05, 0) is 44.1 Å². The second-order valence-corrected chi connectivity index (χ2v) is 5.95. The number of hydrogen-bond donors (Lipinski definition) is 0. The van der Waals surface area contributed by atoms with Crippen molar-refractivity contribution in [2.24, 2.45) is 0 Å². The normalized spacial score (nSPS) is 14.9. The van der Waals surface area contributed by atoms with E-state index in [1.54, 1.807) is 0 Å². The number of carbonyl (C=O) groups is 2. The molecule has 0 spiro atoms. The Hall–Kier alpha value is -1.12. The van der Waals surface area contributed by atoms with E-state index in [2.05, 4.69) is 11.7 Å². The van der Waals surface area contributed by atoms with Crippen LogP contribution in [0.3, 0.4) is 0 Å². The molecule has 21 heavy (non-hydrogen) atoms. The van der Waals surface area contributed by atoms with Crippen molar-refractivity contribution in [3.05, 3.63) is 11.1 Å². The third-order valence-electron chi connectivity index (χ3n) is 4.28. The molecule has 0 aromatic rings. The number of unbranched alkanes of at least 4 members (excludes halogenated alkanes) is 5. The Bertz CT molecular complexity index is 369. The van der Waals surface area contributed by atoms with Crippen molar-refractivity contribution >= 4 is 11.8 Å². The molecule has 0 saturated heterocycles. The monoisotopic (exact) mass is 294 g/mol. The summed E-state index contributed by atoms with van der Waals surface area (Å²) in [6.07, 6.45) is 12.1. The summed E-state index contributed by atoms with van der Waals surface area (Å²) >= 11 is 0. The molecule has 0 aliphatic heterocycles. The lowest BCUT2D eigenvalue weighted by Crippen LogP contribution is -1.99. The lowest BCUT2D eigenvalue weighted by Gasteiger charge is -2.06. The van der Waals surface area contributed by atoms with Crippen molar-refractivity contribution in [2.45, 2.75) is 84.0 Å². The molecule has 0 fully saturated rings. The number of carbonyl (C=O) groups excluding carboxylic acids is 2. The summed E-state index contributed by atoms with van der Waals surface area (Å²) in [6, 6.07) is 0. The van der Waals surface area contributed by atoms with Gasteiger partial charge in [0.1, 0.15) is 0 Å². The van der Waals surface area contributed by atoms with Gasteiger partial charge in [-0.25, -0.2) is 0 Å². The van der Waals surface area contributed by atoms with Crippen molar-refractivity contribution in [3.8, 4) is 0 Å². The number of ketones is 1. The molecule has 1 aliphatic rings. The van der Waals surface area contributed by atoms with Gasteiger partial charge in [0.05, 0.1) is 7.11 Å². The first-order valence-electron chi connectivity index (χ1n) is 8.50. The lowest BCUT2D eigenvalue weighted by molar-refractivity contribution is -0.140. The van der Waals surface area contributed by atoms with Crippen LogP contribution >= 0.6 is 0 Å². The van der Waals surface area contributed by atoms with E-state index in [4.69, 9.17) is 0 Å². The third-order valence-corrected chi connectivity index (χ3v) is 4.28. The molecular formula is C18H30O3. The molecule has 0 radical (unpaired) electrons. The standard InChI is InChI=1S/C18H30O3/c1-3-4-7-10-15-13-14-17(19)16(15)11-8-5-6-9-12-18(20)21-2/h3-14H2,1-2H3. The minimum Gasteiger partial charge on any atom is -0.469 e. The van der Waals surface area contributed by atoms with Crippen molar-refractivity contribution in [2.75, 3.05) is 7.11 Å². The van der Waals surface area contributed by atoms with Crippen LogP contribution in [-0.2, 0) is 14.3 Å². The quantitative estimate of drug-likeness (QED) is 0.408. The zero-order valence-corrected chi connectivity index (χ0v) is 13.7. The van der Waals surface area contributed by atoms with Gasteiger partial charge in [-0.15, -0.1) is 0 Å². The molecule has 0 heterocycles. The fraction of sp³-hybridized carbons (Fsp3) is 0.778. The first kappa shape index (κ1) is 17.9. The molecule has 0 aromatic carbocycles. The van der Waals surface area contributed by atoms with E-state index in [1.807, 2.05) is 0 Å². The number of allylic oxidation sites excluding steroid dienone is 2. The molecule has 0 N–H and O–H groups in total. The zero-order chi connectivity index (χ0) is 15.5. The highest BCUT2D eigenvalue weighted by Crippen LogP contribution is 2.30. The molecule has 0 saturated carbocycles. The average Bonchev–Trinajstić information content (AvgIpc) is 2.83. The van der Waals surface area contributed by atoms with Gasteiger partial charge in [-0.3, -0.25) is 9.59 Å². The predicted octanol–water partition coefficient (Wildman–Crippen LogP) is 4.74. The van der Waals surface area contributed by atoms with Gasteiger partial charge in [0, 0.05) is 12.8 Å². The van der Waals surface area contributed by atoms with Crippen LogP contribution in [0.5, 0.6) is 0 Å². The highest BCUT2D eigenvalue weighted by atomic mass is 16.5. The van der Waals surface area contributed by atoms with Crippen LogP contribution in [0.25, 0.3) is 0 Å². The maximum atomic E-state index is 11.9. The van der Waals surface area contributed by atoms with E-state index in [9.17, 15) is 9.59 Å². The molecule has 0 atom stereocenters. The maximum Gasteiger partial charge on any atom is 0.305 e. The lowest BCUT2D eigenvalue weighted by atomic mass is 9.99. The van der Waals surface area contributed by atoms with Crippen LogP contribution < -0.4 is 0 Å². The van der Waals surface area contributed by atoms with Gasteiger partial charge in [-0.1, -0.05) is 38.2 Å². The Kier molecular flexibility index (Phi) is 9.04. The minimum absolute atomic E-state index is 0.123. The number of esters is 1. The molecule has 3 nitrogen and oxygen atoms in total. The molecular weight excluding hydrogens is 264 g/mol. The van der Waals surface area contributed by atoms with Crippen molar-refractivity contribution in [1.29, 1.82) is 0 Å². The first-order chi connectivity index (χ1) is 10.2. The van der Waals surface area contributed by atoms with Gasteiger partial charge in [0.25, 0.3) is 0 Å². The zero-order valence-electron chi connectivity index (χ0n) is 13.7. The molecule has 120 valence electrons. The summed E-state index contributed by atoms with van der Waals surface area (Å²) in [7, 11) is 1.43. The number of hydrogen-bond acceptors (Lipinski definition) is 3. The summed E-state index contributed by atoms with van der Waals surface area (Å²) in [5.74, 6) is 0.262. The summed E-state index contributed by atoms with van der Waals surface area (Å²) in [5.41, 5.74) is 2.57. The minimum atomic E-state index is -0.123. The molecule has 0 aromatic heterocycles. The van der Waals surface area contributed by atoms with E-state index in [-0.39, 0.29) is 5.97 Å². The first-order valence-corrected chi connectivity index (χ1v) is 8.50.